The van der Waals surface area contributed by atoms with Crippen LogP contribution in [0.4, 0.5) is 10.1 Å². The Morgan fingerprint density at radius 2 is 2.00 bits per heavy atom. The van der Waals surface area contributed by atoms with Gasteiger partial charge in [-0.3, -0.25) is 4.79 Å². The first-order chi connectivity index (χ1) is 9.56. The molecule has 1 aromatic rings. The molecule has 0 aliphatic heterocycles. The standard InChI is InChI=1S/C16H23FN2O/c1-11-10-14(8-9-15(11)17)18-12(2)16(20)19-13-6-4-3-5-7-13/h8-10,12-13,18H,3-7H2,1-2H3,(H,19,20). The zero-order valence-electron chi connectivity index (χ0n) is 12.2. The van der Waals surface area contributed by atoms with E-state index in [1.165, 1.54) is 25.3 Å². The van der Waals surface area contributed by atoms with Crippen LogP contribution in [0.1, 0.15) is 44.6 Å². The highest BCUT2D eigenvalue weighted by Gasteiger charge is 2.19. The summed E-state index contributed by atoms with van der Waals surface area (Å²) >= 11 is 0. The summed E-state index contributed by atoms with van der Waals surface area (Å²) in [5, 5.41) is 6.21. The van der Waals surface area contributed by atoms with Crippen LogP contribution in [-0.4, -0.2) is 18.0 Å². The molecular formula is C16H23FN2O. The van der Waals surface area contributed by atoms with E-state index in [0.29, 0.717) is 11.6 Å². The van der Waals surface area contributed by atoms with E-state index in [1.54, 1.807) is 19.1 Å². The minimum absolute atomic E-state index is 0.0129. The molecule has 0 bridgehead atoms. The number of halogens is 1. The number of benzene rings is 1. The van der Waals surface area contributed by atoms with Gasteiger partial charge in [-0.05, 0) is 50.5 Å². The van der Waals surface area contributed by atoms with Gasteiger partial charge in [0.2, 0.25) is 5.91 Å². The van der Waals surface area contributed by atoms with Crippen LogP contribution in [0, 0.1) is 12.7 Å². The van der Waals surface area contributed by atoms with Crippen LogP contribution in [0.5, 0.6) is 0 Å². The highest BCUT2D eigenvalue weighted by atomic mass is 19.1. The maximum Gasteiger partial charge on any atom is 0.242 e. The van der Waals surface area contributed by atoms with E-state index in [4.69, 9.17) is 0 Å². The lowest BCUT2D eigenvalue weighted by Crippen LogP contribution is -2.44. The molecule has 0 spiro atoms. The maximum absolute atomic E-state index is 13.2. The van der Waals surface area contributed by atoms with Gasteiger partial charge in [-0.1, -0.05) is 19.3 Å². The van der Waals surface area contributed by atoms with Crippen LogP contribution in [-0.2, 0) is 4.79 Å². The van der Waals surface area contributed by atoms with Crippen LogP contribution in [0.25, 0.3) is 0 Å². The summed E-state index contributed by atoms with van der Waals surface area (Å²) < 4.78 is 13.2. The third kappa shape index (κ3) is 3.95. The molecule has 0 radical (unpaired) electrons. The van der Waals surface area contributed by atoms with E-state index in [1.807, 2.05) is 6.92 Å². The molecule has 1 atom stereocenters. The quantitative estimate of drug-likeness (QED) is 0.886. The van der Waals surface area contributed by atoms with Crippen molar-refractivity contribution in [2.45, 2.75) is 58.0 Å². The summed E-state index contributed by atoms with van der Waals surface area (Å²) in [7, 11) is 0. The first-order valence-electron chi connectivity index (χ1n) is 7.39. The normalized spacial score (nSPS) is 17.6. The Labute approximate surface area is 120 Å². The molecular weight excluding hydrogens is 255 g/mol. The highest BCUT2D eigenvalue weighted by Crippen LogP contribution is 2.18. The van der Waals surface area contributed by atoms with Gasteiger partial charge in [0.05, 0.1) is 0 Å². The summed E-state index contributed by atoms with van der Waals surface area (Å²) in [4.78, 5) is 12.1. The molecule has 2 rings (SSSR count). The third-order valence-corrected chi connectivity index (χ3v) is 3.89. The van der Waals surface area contributed by atoms with Crippen molar-refractivity contribution in [3.8, 4) is 0 Å². The molecule has 1 aromatic carbocycles. The number of carbonyl (C=O) groups is 1. The van der Waals surface area contributed by atoms with E-state index in [-0.39, 0.29) is 17.8 Å². The average Bonchev–Trinajstić information content (AvgIpc) is 2.44. The van der Waals surface area contributed by atoms with Crippen LogP contribution >= 0.6 is 0 Å². The van der Waals surface area contributed by atoms with Gasteiger partial charge in [0.15, 0.2) is 0 Å². The number of nitrogens with one attached hydrogen (secondary N) is 2. The molecule has 1 saturated carbocycles. The maximum atomic E-state index is 13.2. The fraction of sp³-hybridized carbons (Fsp3) is 0.562. The summed E-state index contributed by atoms with van der Waals surface area (Å²) in [5.41, 5.74) is 1.35. The largest absolute Gasteiger partial charge is 0.374 e. The molecule has 0 aromatic heterocycles. The van der Waals surface area contributed by atoms with E-state index in [2.05, 4.69) is 10.6 Å². The van der Waals surface area contributed by atoms with Crippen molar-refractivity contribution in [1.82, 2.24) is 5.32 Å². The van der Waals surface area contributed by atoms with Crippen LogP contribution in [0.15, 0.2) is 18.2 Å². The van der Waals surface area contributed by atoms with Gasteiger partial charge >= 0.3 is 0 Å². The predicted molar refractivity (Wildman–Crippen MR) is 79.2 cm³/mol. The van der Waals surface area contributed by atoms with E-state index in [0.717, 1.165) is 18.5 Å². The Kier molecular flexibility index (Phi) is 4.99. The molecule has 1 amide bonds. The lowest BCUT2D eigenvalue weighted by Gasteiger charge is -2.25. The van der Waals surface area contributed by atoms with Crippen molar-refractivity contribution in [2.24, 2.45) is 0 Å². The molecule has 20 heavy (non-hydrogen) atoms. The molecule has 3 nitrogen and oxygen atoms in total. The topological polar surface area (TPSA) is 41.1 Å². The molecule has 1 aliphatic rings. The number of anilines is 1. The summed E-state index contributed by atoms with van der Waals surface area (Å²) in [6.45, 7) is 3.55. The molecule has 1 aliphatic carbocycles. The van der Waals surface area contributed by atoms with Crippen molar-refractivity contribution in [3.63, 3.8) is 0 Å². The number of rotatable bonds is 4. The van der Waals surface area contributed by atoms with E-state index < -0.39 is 0 Å². The Bertz CT molecular complexity index is 470. The molecule has 4 heteroatoms. The Hall–Kier alpha value is -1.58. The summed E-state index contributed by atoms with van der Waals surface area (Å²) in [6, 6.07) is 4.80. The Balaban J connectivity index is 1.88. The highest BCUT2D eigenvalue weighted by molar-refractivity contribution is 5.84. The van der Waals surface area contributed by atoms with Crippen molar-refractivity contribution in [3.05, 3.63) is 29.6 Å². The molecule has 0 heterocycles. The molecule has 2 N–H and O–H groups in total. The van der Waals surface area contributed by atoms with Crippen molar-refractivity contribution >= 4 is 11.6 Å². The zero-order chi connectivity index (χ0) is 14.5. The van der Waals surface area contributed by atoms with Crippen LogP contribution in [0.2, 0.25) is 0 Å². The van der Waals surface area contributed by atoms with Crippen molar-refractivity contribution in [1.29, 1.82) is 0 Å². The fourth-order valence-corrected chi connectivity index (χ4v) is 2.62. The lowest BCUT2D eigenvalue weighted by atomic mass is 9.95. The fourth-order valence-electron chi connectivity index (χ4n) is 2.62. The summed E-state index contributed by atoms with van der Waals surface area (Å²) in [5.74, 6) is -0.214. The predicted octanol–water partition coefficient (Wildman–Crippen LogP) is 3.38. The lowest BCUT2D eigenvalue weighted by molar-refractivity contribution is -0.122. The minimum Gasteiger partial charge on any atom is -0.374 e. The van der Waals surface area contributed by atoms with Gasteiger partial charge in [-0.2, -0.15) is 0 Å². The second-order valence-corrected chi connectivity index (χ2v) is 5.67. The molecule has 1 fully saturated rings. The number of carbonyl (C=O) groups excluding carboxylic acids is 1. The second-order valence-electron chi connectivity index (χ2n) is 5.67. The van der Waals surface area contributed by atoms with Gasteiger partial charge in [0, 0.05) is 11.7 Å². The SMILES string of the molecule is Cc1cc(NC(C)C(=O)NC2CCCCC2)ccc1F. The van der Waals surface area contributed by atoms with Gasteiger partial charge in [-0.25, -0.2) is 4.39 Å². The molecule has 110 valence electrons. The minimum atomic E-state index is -0.318. The first-order valence-corrected chi connectivity index (χ1v) is 7.39. The van der Waals surface area contributed by atoms with E-state index >= 15 is 0 Å². The van der Waals surface area contributed by atoms with E-state index in [9.17, 15) is 9.18 Å². The third-order valence-electron chi connectivity index (χ3n) is 3.89. The average molecular weight is 278 g/mol. The van der Waals surface area contributed by atoms with Gasteiger partial charge in [0.25, 0.3) is 0 Å². The van der Waals surface area contributed by atoms with Crippen LogP contribution < -0.4 is 10.6 Å². The number of hydrogen-bond acceptors (Lipinski definition) is 2. The number of hydrogen-bond donors (Lipinski definition) is 2. The number of aryl methyl sites for hydroxylation is 1. The smallest absolute Gasteiger partial charge is 0.242 e. The Morgan fingerprint density at radius 1 is 1.30 bits per heavy atom. The van der Waals surface area contributed by atoms with Gasteiger partial charge < -0.3 is 10.6 Å². The van der Waals surface area contributed by atoms with Crippen molar-refractivity contribution in [2.75, 3.05) is 5.32 Å². The summed E-state index contributed by atoms with van der Waals surface area (Å²) in [6.07, 6.45) is 5.82. The van der Waals surface area contributed by atoms with Gasteiger partial charge in [0.1, 0.15) is 11.9 Å². The Morgan fingerprint density at radius 3 is 2.65 bits per heavy atom. The molecule has 0 saturated heterocycles. The first kappa shape index (κ1) is 14.8. The molecule has 1 unspecified atom stereocenters. The second kappa shape index (κ2) is 6.73. The van der Waals surface area contributed by atoms with Crippen LogP contribution in [0.3, 0.4) is 0 Å². The van der Waals surface area contributed by atoms with Gasteiger partial charge in [-0.15, -0.1) is 0 Å². The van der Waals surface area contributed by atoms with Crippen molar-refractivity contribution < 1.29 is 9.18 Å². The monoisotopic (exact) mass is 278 g/mol. The zero-order valence-corrected chi connectivity index (χ0v) is 12.2. The number of amides is 1.